The molecule has 0 aliphatic carbocycles. The van der Waals surface area contributed by atoms with Gasteiger partial charge in [-0.15, -0.1) is 0 Å². The average molecular weight is 144 g/mol. The van der Waals surface area contributed by atoms with Gasteiger partial charge in [-0.1, -0.05) is 0 Å². The van der Waals surface area contributed by atoms with E-state index in [-0.39, 0.29) is 11.4 Å². The number of hydrogen-bond donors (Lipinski definition) is 0. The van der Waals surface area contributed by atoms with Gasteiger partial charge in [-0.2, -0.15) is 0 Å². The summed E-state index contributed by atoms with van der Waals surface area (Å²) in [5.41, 5.74) is 0. The molecular weight excluding hydrogens is 132 g/mol. The molecule has 4 heteroatoms. The summed E-state index contributed by atoms with van der Waals surface area (Å²) in [5.74, 6) is 0.0931. The van der Waals surface area contributed by atoms with E-state index in [2.05, 4.69) is 0 Å². The number of carbonyl (C=O) groups excluding carboxylic acids is 1. The molecule has 0 bridgehead atoms. The van der Waals surface area contributed by atoms with E-state index >= 15 is 0 Å². The Labute approximate surface area is 60.0 Å². The molecule has 0 saturated carbocycles. The van der Waals surface area contributed by atoms with Crippen molar-refractivity contribution in [3.63, 3.8) is 0 Å². The largest absolute Gasteiger partial charge is 0.412 e. The Morgan fingerprint density at radius 2 is 2.10 bits per heavy atom. The van der Waals surface area contributed by atoms with E-state index in [4.69, 9.17) is 0 Å². The Bertz CT molecular complexity index is 156. The fourth-order valence-corrected chi connectivity index (χ4v) is 0.733. The molecule has 1 rings (SSSR count). The van der Waals surface area contributed by atoms with Crippen LogP contribution in [0, 0.1) is 0 Å². The molecule has 0 saturated heterocycles. The monoisotopic (exact) mass is 144 g/mol. The average Bonchev–Trinajstić information content (AvgIpc) is 2.14. The molecule has 1 heterocycles. The predicted octanol–water partition coefficient (Wildman–Crippen LogP) is -0.616. The van der Waals surface area contributed by atoms with Gasteiger partial charge in [-0.05, 0) is 0 Å². The molecule has 4 nitrogen and oxygen atoms in total. The third-order valence-corrected chi connectivity index (χ3v) is 1.28. The summed E-state index contributed by atoms with van der Waals surface area (Å²) in [6.07, 6.45) is 3.66. The normalized spacial score (nSPS) is 15.4. The Balaban J connectivity index is 0.000000810. The van der Waals surface area contributed by atoms with Gasteiger partial charge in [0.2, 0.25) is 5.91 Å². The lowest BCUT2D eigenvalue weighted by molar-refractivity contribution is -0.126. The zero-order valence-corrected chi connectivity index (χ0v) is 6.16. The molecule has 10 heavy (non-hydrogen) atoms. The van der Waals surface area contributed by atoms with Gasteiger partial charge in [-0.25, -0.2) is 0 Å². The zero-order chi connectivity index (χ0) is 6.85. The van der Waals surface area contributed by atoms with Crippen molar-refractivity contribution in [2.24, 2.45) is 0 Å². The van der Waals surface area contributed by atoms with Crippen LogP contribution in [0.1, 0.15) is 6.92 Å². The predicted molar refractivity (Wildman–Crippen MR) is 37.9 cm³/mol. The summed E-state index contributed by atoms with van der Waals surface area (Å²) in [5, 5.41) is 0. The SMILES string of the molecule is CC(=O)N1C=CN(C)C1.O. The van der Waals surface area contributed by atoms with Gasteiger partial charge in [0, 0.05) is 26.4 Å². The van der Waals surface area contributed by atoms with Gasteiger partial charge in [0.1, 0.15) is 0 Å². The second-order valence-corrected chi connectivity index (χ2v) is 2.19. The van der Waals surface area contributed by atoms with Gasteiger partial charge < -0.3 is 10.4 Å². The summed E-state index contributed by atoms with van der Waals surface area (Å²) in [6.45, 7) is 2.25. The van der Waals surface area contributed by atoms with Crippen LogP contribution in [0.25, 0.3) is 0 Å². The van der Waals surface area contributed by atoms with Gasteiger partial charge in [0.15, 0.2) is 0 Å². The van der Waals surface area contributed by atoms with E-state index in [1.807, 2.05) is 18.1 Å². The number of carbonyl (C=O) groups is 1. The molecule has 0 atom stereocenters. The van der Waals surface area contributed by atoms with Crippen molar-refractivity contribution in [2.45, 2.75) is 6.92 Å². The maximum absolute atomic E-state index is 10.6. The molecular formula is C6H12N2O2. The minimum atomic E-state index is 0. The first-order valence-electron chi connectivity index (χ1n) is 2.86. The highest BCUT2D eigenvalue weighted by molar-refractivity contribution is 5.74. The van der Waals surface area contributed by atoms with Crippen molar-refractivity contribution in [3.05, 3.63) is 12.4 Å². The van der Waals surface area contributed by atoms with E-state index in [1.54, 1.807) is 18.0 Å². The molecule has 0 unspecified atom stereocenters. The summed E-state index contributed by atoms with van der Waals surface area (Å²) in [4.78, 5) is 14.2. The number of amides is 1. The first-order valence-corrected chi connectivity index (χ1v) is 2.86. The first kappa shape index (κ1) is 8.97. The molecule has 0 fully saturated rings. The van der Waals surface area contributed by atoms with E-state index < -0.39 is 0 Å². The van der Waals surface area contributed by atoms with Crippen molar-refractivity contribution in [1.29, 1.82) is 0 Å². The molecule has 2 N–H and O–H groups in total. The molecule has 1 aliphatic rings. The van der Waals surface area contributed by atoms with Crippen molar-refractivity contribution >= 4 is 5.91 Å². The topological polar surface area (TPSA) is 55.1 Å². The van der Waals surface area contributed by atoms with Crippen LogP contribution in [0.5, 0.6) is 0 Å². The second-order valence-electron chi connectivity index (χ2n) is 2.19. The van der Waals surface area contributed by atoms with E-state index in [0.29, 0.717) is 6.67 Å². The van der Waals surface area contributed by atoms with Crippen LogP contribution < -0.4 is 0 Å². The summed E-state index contributed by atoms with van der Waals surface area (Å²) in [7, 11) is 1.93. The molecule has 0 aromatic carbocycles. The zero-order valence-electron chi connectivity index (χ0n) is 6.16. The Kier molecular flexibility index (Phi) is 2.89. The van der Waals surface area contributed by atoms with Crippen molar-refractivity contribution < 1.29 is 10.3 Å². The van der Waals surface area contributed by atoms with Crippen molar-refractivity contribution in [3.8, 4) is 0 Å². The first-order chi connectivity index (χ1) is 4.20. The third kappa shape index (κ3) is 1.73. The molecule has 0 spiro atoms. The van der Waals surface area contributed by atoms with Gasteiger partial charge >= 0.3 is 0 Å². The van der Waals surface area contributed by atoms with Crippen LogP contribution in [-0.2, 0) is 4.79 Å². The van der Waals surface area contributed by atoms with Crippen LogP contribution in [0.3, 0.4) is 0 Å². The van der Waals surface area contributed by atoms with Crippen molar-refractivity contribution in [1.82, 2.24) is 9.80 Å². The summed E-state index contributed by atoms with van der Waals surface area (Å²) in [6, 6.07) is 0. The molecule has 0 aromatic heterocycles. The number of nitrogens with zero attached hydrogens (tertiary/aromatic N) is 2. The lowest BCUT2D eigenvalue weighted by Gasteiger charge is -2.13. The summed E-state index contributed by atoms with van der Waals surface area (Å²) < 4.78 is 0. The maximum atomic E-state index is 10.6. The molecule has 0 radical (unpaired) electrons. The molecule has 1 amide bonds. The molecule has 1 aliphatic heterocycles. The lowest BCUT2D eigenvalue weighted by Crippen LogP contribution is -2.26. The minimum Gasteiger partial charge on any atom is -0.412 e. The highest BCUT2D eigenvalue weighted by Crippen LogP contribution is 2.02. The van der Waals surface area contributed by atoms with Crippen LogP contribution in [-0.4, -0.2) is 34.9 Å². The van der Waals surface area contributed by atoms with Crippen LogP contribution in [0.2, 0.25) is 0 Å². The van der Waals surface area contributed by atoms with Gasteiger partial charge in [0.25, 0.3) is 0 Å². The fraction of sp³-hybridized carbons (Fsp3) is 0.500. The van der Waals surface area contributed by atoms with Crippen LogP contribution in [0.4, 0.5) is 0 Å². The highest BCUT2D eigenvalue weighted by atomic mass is 16.2. The van der Waals surface area contributed by atoms with Crippen molar-refractivity contribution in [2.75, 3.05) is 13.7 Å². The fourth-order valence-electron chi connectivity index (χ4n) is 0.733. The van der Waals surface area contributed by atoms with Gasteiger partial charge in [0.05, 0.1) is 6.67 Å². The number of hydrogen-bond acceptors (Lipinski definition) is 2. The van der Waals surface area contributed by atoms with Gasteiger partial charge in [-0.3, -0.25) is 9.69 Å². The molecule has 0 aromatic rings. The number of rotatable bonds is 0. The minimum absolute atomic E-state index is 0. The maximum Gasteiger partial charge on any atom is 0.224 e. The Morgan fingerprint density at radius 3 is 2.30 bits per heavy atom. The molecule has 58 valence electrons. The summed E-state index contributed by atoms with van der Waals surface area (Å²) >= 11 is 0. The quantitative estimate of drug-likeness (QED) is 0.455. The van der Waals surface area contributed by atoms with Crippen LogP contribution in [0.15, 0.2) is 12.4 Å². The van der Waals surface area contributed by atoms with E-state index in [0.717, 1.165) is 0 Å². The standard InChI is InChI=1S/C6H10N2O.H2O/c1-6(9)8-4-3-7(2)5-8;/h3-4H,5H2,1-2H3;1H2. The second kappa shape index (κ2) is 3.22. The highest BCUT2D eigenvalue weighted by Gasteiger charge is 2.10. The smallest absolute Gasteiger partial charge is 0.224 e. The Hall–Kier alpha value is -1.03. The Morgan fingerprint density at radius 1 is 1.50 bits per heavy atom. The van der Waals surface area contributed by atoms with Crippen LogP contribution >= 0.6 is 0 Å². The lowest BCUT2D eigenvalue weighted by atomic mass is 10.6. The third-order valence-electron chi connectivity index (χ3n) is 1.28. The van der Waals surface area contributed by atoms with E-state index in [1.165, 1.54) is 0 Å². The van der Waals surface area contributed by atoms with E-state index in [9.17, 15) is 4.79 Å².